The van der Waals surface area contributed by atoms with E-state index in [1.54, 1.807) is 13.0 Å². The normalized spacial score (nSPS) is 12.2. The Morgan fingerprint density at radius 2 is 1.95 bits per heavy atom. The van der Waals surface area contributed by atoms with E-state index in [1.165, 1.54) is 12.1 Å². The van der Waals surface area contributed by atoms with Gasteiger partial charge in [0, 0.05) is 18.7 Å². The minimum atomic E-state index is -0.359. The minimum absolute atomic E-state index is 0.290. The van der Waals surface area contributed by atoms with Crippen molar-refractivity contribution in [2.24, 2.45) is 0 Å². The zero-order chi connectivity index (χ0) is 15.9. The fourth-order valence-corrected chi connectivity index (χ4v) is 2.15. The van der Waals surface area contributed by atoms with E-state index < -0.39 is 0 Å². The van der Waals surface area contributed by atoms with Crippen molar-refractivity contribution in [3.63, 3.8) is 0 Å². The number of benzene rings is 2. The van der Waals surface area contributed by atoms with Crippen molar-refractivity contribution in [3.05, 3.63) is 64.4 Å². The third-order valence-corrected chi connectivity index (χ3v) is 3.45. The molecule has 0 aliphatic rings. The fourth-order valence-electron chi connectivity index (χ4n) is 1.93. The molecule has 0 saturated heterocycles. The molecule has 0 aliphatic carbocycles. The quantitative estimate of drug-likeness (QED) is 0.819. The SMILES string of the molecule is C[C@@H](O)CNCc1ccc(OCc2ccc(F)cc2Cl)cc1. The van der Waals surface area contributed by atoms with E-state index in [9.17, 15) is 9.50 Å². The third kappa shape index (κ3) is 5.30. The smallest absolute Gasteiger partial charge is 0.124 e. The molecule has 0 aromatic heterocycles. The maximum absolute atomic E-state index is 13.0. The van der Waals surface area contributed by atoms with Gasteiger partial charge in [-0.1, -0.05) is 29.8 Å². The monoisotopic (exact) mass is 323 g/mol. The molecular weight excluding hydrogens is 305 g/mol. The van der Waals surface area contributed by atoms with E-state index in [1.807, 2.05) is 24.3 Å². The Balaban J connectivity index is 1.86. The van der Waals surface area contributed by atoms with E-state index in [0.29, 0.717) is 24.7 Å². The van der Waals surface area contributed by atoms with Crippen LogP contribution in [0.3, 0.4) is 0 Å². The Morgan fingerprint density at radius 3 is 2.59 bits per heavy atom. The van der Waals surface area contributed by atoms with Crippen LogP contribution in [0.5, 0.6) is 5.75 Å². The largest absolute Gasteiger partial charge is 0.489 e. The van der Waals surface area contributed by atoms with Crippen molar-refractivity contribution < 1.29 is 14.2 Å². The van der Waals surface area contributed by atoms with E-state index >= 15 is 0 Å². The van der Waals surface area contributed by atoms with Crippen molar-refractivity contribution in [1.82, 2.24) is 5.32 Å². The third-order valence-electron chi connectivity index (χ3n) is 3.10. The van der Waals surface area contributed by atoms with Crippen LogP contribution in [-0.2, 0) is 13.2 Å². The van der Waals surface area contributed by atoms with Gasteiger partial charge in [0.25, 0.3) is 0 Å². The lowest BCUT2D eigenvalue weighted by Crippen LogP contribution is -2.23. The van der Waals surface area contributed by atoms with Crippen molar-refractivity contribution >= 4 is 11.6 Å². The molecule has 0 spiro atoms. The van der Waals surface area contributed by atoms with Crippen LogP contribution in [-0.4, -0.2) is 17.8 Å². The first-order valence-electron chi connectivity index (χ1n) is 7.09. The molecule has 5 heteroatoms. The van der Waals surface area contributed by atoms with Gasteiger partial charge in [0.2, 0.25) is 0 Å². The number of halogens is 2. The Morgan fingerprint density at radius 1 is 1.23 bits per heavy atom. The standard InChI is InChI=1S/C17H19ClFNO2/c1-12(21)9-20-10-13-2-6-16(7-3-13)22-11-14-4-5-15(19)8-17(14)18/h2-8,12,20-21H,9-11H2,1H3/t12-/m1/s1. The average molecular weight is 324 g/mol. The second kappa shape index (κ2) is 8.13. The number of aliphatic hydroxyl groups is 1. The molecule has 22 heavy (non-hydrogen) atoms. The number of aliphatic hydroxyl groups excluding tert-OH is 1. The van der Waals surface area contributed by atoms with Gasteiger partial charge in [-0.2, -0.15) is 0 Å². The summed E-state index contributed by atoms with van der Waals surface area (Å²) in [6, 6.07) is 11.9. The van der Waals surface area contributed by atoms with E-state index in [-0.39, 0.29) is 11.9 Å². The molecule has 2 aromatic carbocycles. The summed E-state index contributed by atoms with van der Waals surface area (Å²) in [5, 5.41) is 12.7. The number of hydrogen-bond acceptors (Lipinski definition) is 3. The van der Waals surface area contributed by atoms with Crippen molar-refractivity contribution in [2.75, 3.05) is 6.54 Å². The highest BCUT2D eigenvalue weighted by molar-refractivity contribution is 6.31. The molecular formula is C17H19ClFNO2. The van der Waals surface area contributed by atoms with Crippen LogP contribution < -0.4 is 10.1 Å². The molecule has 0 saturated carbocycles. The molecule has 118 valence electrons. The lowest BCUT2D eigenvalue weighted by molar-refractivity contribution is 0.191. The minimum Gasteiger partial charge on any atom is -0.489 e. The molecule has 2 N–H and O–H groups in total. The Hall–Kier alpha value is -1.62. The van der Waals surface area contributed by atoms with Crippen LogP contribution in [0.15, 0.2) is 42.5 Å². The van der Waals surface area contributed by atoms with Crippen molar-refractivity contribution in [3.8, 4) is 5.75 Å². The first kappa shape index (κ1) is 16.7. The van der Waals surface area contributed by atoms with Crippen LogP contribution in [0.25, 0.3) is 0 Å². The Bertz CT molecular complexity index is 602. The van der Waals surface area contributed by atoms with Gasteiger partial charge in [-0.05, 0) is 36.8 Å². The first-order valence-corrected chi connectivity index (χ1v) is 7.47. The molecule has 3 nitrogen and oxygen atoms in total. The van der Waals surface area contributed by atoms with Gasteiger partial charge in [-0.3, -0.25) is 0 Å². The lowest BCUT2D eigenvalue weighted by atomic mass is 10.2. The molecule has 2 aromatic rings. The molecule has 0 bridgehead atoms. The number of hydrogen-bond donors (Lipinski definition) is 2. The van der Waals surface area contributed by atoms with E-state index in [2.05, 4.69) is 5.32 Å². The van der Waals surface area contributed by atoms with Crippen LogP contribution in [0.1, 0.15) is 18.1 Å². The van der Waals surface area contributed by atoms with Crippen LogP contribution in [0.2, 0.25) is 5.02 Å². The van der Waals surface area contributed by atoms with Crippen LogP contribution >= 0.6 is 11.6 Å². The summed E-state index contributed by atoms with van der Waals surface area (Å²) in [6.45, 7) is 3.28. The lowest BCUT2D eigenvalue weighted by Gasteiger charge is -2.10. The van der Waals surface area contributed by atoms with Gasteiger partial charge in [-0.15, -0.1) is 0 Å². The summed E-state index contributed by atoms with van der Waals surface area (Å²) in [5.74, 6) is 0.363. The van der Waals surface area contributed by atoms with E-state index in [4.69, 9.17) is 16.3 Å². The van der Waals surface area contributed by atoms with Gasteiger partial charge in [-0.25, -0.2) is 4.39 Å². The van der Waals surface area contributed by atoms with Crippen molar-refractivity contribution in [1.29, 1.82) is 0 Å². The van der Waals surface area contributed by atoms with Gasteiger partial charge in [0.1, 0.15) is 18.2 Å². The second-order valence-corrected chi connectivity index (χ2v) is 5.56. The zero-order valence-corrected chi connectivity index (χ0v) is 13.1. The summed E-state index contributed by atoms with van der Waals surface area (Å²) < 4.78 is 18.6. The van der Waals surface area contributed by atoms with Crippen molar-refractivity contribution in [2.45, 2.75) is 26.2 Å². The molecule has 0 aliphatic heterocycles. The van der Waals surface area contributed by atoms with Gasteiger partial charge in [0.05, 0.1) is 11.1 Å². The predicted molar refractivity (Wildman–Crippen MR) is 85.6 cm³/mol. The molecule has 0 fully saturated rings. The first-order chi connectivity index (χ1) is 10.5. The Labute approximate surface area is 134 Å². The molecule has 0 amide bonds. The summed E-state index contributed by atoms with van der Waals surface area (Å²) in [4.78, 5) is 0. The number of nitrogens with one attached hydrogen (secondary N) is 1. The topological polar surface area (TPSA) is 41.5 Å². The maximum Gasteiger partial charge on any atom is 0.124 e. The summed E-state index contributed by atoms with van der Waals surface area (Å²) in [5.41, 5.74) is 1.85. The average Bonchev–Trinajstić information content (AvgIpc) is 2.47. The zero-order valence-electron chi connectivity index (χ0n) is 12.4. The molecule has 0 heterocycles. The summed E-state index contributed by atoms with van der Waals surface area (Å²) >= 11 is 5.95. The molecule has 1 atom stereocenters. The number of ether oxygens (including phenoxy) is 1. The fraction of sp³-hybridized carbons (Fsp3) is 0.294. The van der Waals surface area contributed by atoms with E-state index in [0.717, 1.165) is 16.9 Å². The highest BCUT2D eigenvalue weighted by atomic mass is 35.5. The van der Waals surface area contributed by atoms with Gasteiger partial charge < -0.3 is 15.2 Å². The highest BCUT2D eigenvalue weighted by Crippen LogP contribution is 2.20. The predicted octanol–water partition coefficient (Wildman–Crippen LogP) is 3.53. The van der Waals surface area contributed by atoms with Gasteiger partial charge >= 0.3 is 0 Å². The van der Waals surface area contributed by atoms with Crippen LogP contribution in [0, 0.1) is 5.82 Å². The Kier molecular flexibility index (Phi) is 6.19. The van der Waals surface area contributed by atoms with Crippen LogP contribution in [0.4, 0.5) is 4.39 Å². The highest BCUT2D eigenvalue weighted by Gasteiger charge is 2.03. The summed E-state index contributed by atoms with van der Waals surface area (Å²) in [6.07, 6.45) is -0.358. The summed E-state index contributed by atoms with van der Waals surface area (Å²) in [7, 11) is 0. The molecule has 0 unspecified atom stereocenters. The number of rotatable bonds is 7. The second-order valence-electron chi connectivity index (χ2n) is 5.15. The van der Waals surface area contributed by atoms with Gasteiger partial charge in [0.15, 0.2) is 0 Å². The molecule has 2 rings (SSSR count). The molecule has 0 radical (unpaired) electrons. The maximum atomic E-state index is 13.0.